The first-order chi connectivity index (χ1) is 19.2. The first-order valence-corrected chi connectivity index (χ1v) is 15.1. The largest absolute Gasteiger partial charge is 0.340 e. The van der Waals surface area contributed by atoms with Crippen molar-refractivity contribution in [3.63, 3.8) is 0 Å². The van der Waals surface area contributed by atoms with Crippen LogP contribution in [0.3, 0.4) is 0 Å². The predicted octanol–water partition coefficient (Wildman–Crippen LogP) is 5.45. The average molecular weight is 541 g/mol. The molecule has 2 aliphatic carbocycles. The summed E-state index contributed by atoms with van der Waals surface area (Å²) in [5.41, 5.74) is 4.58. The number of nitrogens with zero attached hydrogens (tertiary/aromatic N) is 4. The second-order valence-corrected chi connectivity index (χ2v) is 13.1. The molecule has 0 radical (unpaired) electrons. The molecular formula is C33H44N6O. The lowest BCUT2D eigenvalue weighted by Gasteiger charge is -2.44. The molecular weight excluding hydrogens is 496 g/mol. The van der Waals surface area contributed by atoms with E-state index in [9.17, 15) is 4.79 Å². The lowest BCUT2D eigenvalue weighted by atomic mass is 9.63. The maximum atomic E-state index is 13.6. The highest BCUT2D eigenvalue weighted by Gasteiger charge is 2.39. The third-order valence-electron chi connectivity index (χ3n) is 10.1. The van der Waals surface area contributed by atoms with E-state index in [-0.39, 0.29) is 17.6 Å². The summed E-state index contributed by atoms with van der Waals surface area (Å²) in [6.45, 7) is 14.5. The Morgan fingerprint density at radius 2 is 1.95 bits per heavy atom. The van der Waals surface area contributed by atoms with Gasteiger partial charge in [-0.05, 0) is 79.2 Å². The summed E-state index contributed by atoms with van der Waals surface area (Å²) in [5, 5.41) is 7.88. The van der Waals surface area contributed by atoms with Gasteiger partial charge in [0.1, 0.15) is 0 Å². The number of nitrogens with one attached hydrogen (secondary N) is 2. The Morgan fingerprint density at radius 1 is 1.12 bits per heavy atom. The Bertz CT molecular complexity index is 1480. The zero-order valence-corrected chi connectivity index (χ0v) is 24.7. The number of anilines is 1. The molecule has 3 aliphatic rings. The second kappa shape index (κ2) is 10.7. The molecule has 0 amide bonds. The van der Waals surface area contributed by atoms with Crippen molar-refractivity contribution in [2.75, 3.05) is 25.0 Å². The minimum absolute atomic E-state index is 0.0238. The molecule has 40 heavy (non-hydrogen) atoms. The molecule has 7 nitrogen and oxygen atoms in total. The zero-order valence-electron chi connectivity index (χ0n) is 24.7. The highest BCUT2D eigenvalue weighted by Crippen LogP contribution is 2.44. The third kappa shape index (κ3) is 5.05. The fraction of sp³-hybridized carbons (Fsp3) is 0.545. The van der Waals surface area contributed by atoms with E-state index < -0.39 is 0 Å². The van der Waals surface area contributed by atoms with Gasteiger partial charge >= 0.3 is 0 Å². The van der Waals surface area contributed by atoms with Gasteiger partial charge in [-0.15, -0.1) is 0 Å². The summed E-state index contributed by atoms with van der Waals surface area (Å²) in [7, 11) is 0. The summed E-state index contributed by atoms with van der Waals surface area (Å²) in [6, 6.07) is 15.1. The topological polar surface area (TPSA) is 74.5 Å². The second-order valence-electron chi connectivity index (χ2n) is 13.1. The van der Waals surface area contributed by atoms with Gasteiger partial charge < -0.3 is 15.5 Å². The number of hydrogen-bond acceptors (Lipinski definition) is 4. The number of aromatic nitrogens is 2. The van der Waals surface area contributed by atoms with Gasteiger partial charge in [-0.2, -0.15) is 0 Å². The van der Waals surface area contributed by atoms with Crippen LogP contribution in [-0.4, -0.2) is 52.1 Å². The van der Waals surface area contributed by atoms with E-state index in [0.717, 1.165) is 50.5 Å². The quantitative estimate of drug-likeness (QED) is 0.341. The van der Waals surface area contributed by atoms with Crippen molar-refractivity contribution in [2.24, 2.45) is 22.2 Å². The summed E-state index contributed by atoms with van der Waals surface area (Å²) >= 11 is 0. The molecule has 5 atom stereocenters. The average Bonchev–Trinajstić information content (AvgIpc) is 3.37. The number of piperazine rings is 1. The van der Waals surface area contributed by atoms with Gasteiger partial charge in [-0.25, -0.2) is 9.98 Å². The van der Waals surface area contributed by atoms with Crippen molar-refractivity contribution >= 4 is 22.5 Å². The minimum atomic E-state index is 0.0238. The summed E-state index contributed by atoms with van der Waals surface area (Å²) in [6.07, 6.45) is 5.96. The molecule has 1 aromatic heterocycles. The first-order valence-electron chi connectivity index (χ1n) is 15.1. The number of aryl methyl sites for hydroxylation is 1. The van der Waals surface area contributed by atoms with Crippen LogP contribution >= 0.6 is 0 Å². The molecule has 3 aromatic rings. The molecule has 2 N–H and O–H groups in total. The van der Waals surface area contributed by atoms with E-state index in [1.54, 1.807) is 6.33 Å². The van der Waals surface area contributed by atoms with Crippen LogP contribution in [0.4, 0.5) is 5.69 Å². The molecule has 1 saturated carbocycles. The molecule has 1 saturated heterocycles. The lowest BCUT2D eigenvalue weighted by molar-refractivity contribution is 0.0828. The van der Waals surface area contributed by atoms with Crippen LogP contribution in [0, 0.1) is 17.3 Å². The minimum Gasteiger partial charge on any atom is -0.340 e. The van der Waals surface area contributed by atoms with Gasteiger partial charge in [0.2, 0.25) is 0 Å². The Kier molecular flexibility index (Phi) is 7.19. The number of hydrogen-bond donors (Lipinski definition) is 2. The molecule has 0 spiro atoms. The molecule has 2 aromatic carbocycles. The van der Waals surface area contributed by atoms with E-state index in [1.807, 2.05) is 22.8 Å². The van der Waals surface area contributed by atoms with E-state index in [1.165, 1.54) is 17.5 Å². The van der Waals surface area contributed by atoms with Gasteiger partial charge in [-0.1, -0.05) is 52.0 Å². The number of fused-ring (bicyclic) bond motifs is 2. The molecule has 0 bridgehead atoms. The van der Waals surface area contributed by atoms with Crippen molar-refractivity contribution in [2.45, 2.75) is 78.4 Å². The summed E-state index contributed by atoms with van der Waals surface area (Å²) < 4.78 is 1.82. The predicted molar refractivity (Wildman–Crippen MR) is 164 cm³/mol. The molecule has 7 heteroatoms. The van der Waals surface area contributed by atoms with Crippen LogP contribution in [-0.2, 0) is 6.42 Å². The van der Waals surface area contributed by atoms with Crippen LogP contribution in [0.15, 0.2) is 58.6 Å². The molecule has 6 rings (SSSR count). The van der Waals surface area contributed by atoms with E-state index in [2.05, 4.69) is 74.4 Å². The maximum absolute atomic E-state index is 13.6. The van der Waals surface area contributed by atoms with Crippen molar-refractivity contribution in [1.29, 1.82) is 0 Å². The summed E-state index contributed by atoms with van der Waals surface area (Å²) in [4.78, 5) is 26.1. The zero-order chi connectivity index (χ0) is 28.0. The number of guanidine groups is 1. The lowest BCUT2D eigenvalue weighted by Crippen LogP contribution is -2.53. The number of aliphatic imine (C=N–C) groups is 1. The van der Waals surface area contributed by atoms with Gasteiger partial charge in [0.15, 0.2) is 5.96 Å². The Morgan fingerprint density at radius 3 is 2.77 bits per heavy atom. The van der Waals surface area contributed by atoms with Crippen molar-refractivity contribution in [3.8, 4) is 0 Å². The SMILES string of the molecule is C[C@@H]1[C@@H](N=C(Nc2ccc3c(=O)n(C4CCc5ccccc54)cnc3c2)N2CCN[C@@H](C)C2)CCC(C)(C)[C@H]1C. The van der Waals surface area contributed by atoms with Crippen molar-refractivity contribution in [1.82, 2.24) is 19.8 Å². The van der Waals surface area contributed by atoms with Crippen molar-refractivity contribution in [3.05, 3.63) is 70.3 Å². The summed E-state index contributed by atoms with van der Waals surface area (Å²) in [5.74, 6) is 2.06. The van der Waals surface area contributed by atoms with Crippen LogP contribution < -0.4 is 16.2 Å². The van der Waals surface area contributed by atoms with Crippen LogP contribution in [0.25, 0.3) is 10.9 Å². The fourth-order valence-corrected chi connectivity index (χ4v) is 7.10. The Balaban J connectivity index is 1.30. The standard InChI is InChI=1S/C33H44N6O/c1-21-19-38(17-16-34-21)32(37-28-14-15-33(4,5)23(3)22(28)2)36-25-11-12-27-29(18-25)35-20-39(31(27)40)30-13-10-24-8-6-7-9-26(24)30/h6-9,11-12,18,20-23,28,30,34H,10,13-17,19H2,1-5H3,(H,36,37)/t21-,22-,23-,28-,30?/m0/s1. The van der Waals surface area contributed by atoms with E-state index in [4.69, 9.17) is 9.98 Å². The molecule has 1 aliphatic heterocycles. The Labute approximate surface area is 238 Å². The Hall–Kier alpha value is -3.19. The van der Waals surface area contributed by atoms with E-state index in [0.29, 0.717) is 34.2 Å². The van der Waals surface area contributed by atoms with Gasteiger partial charge in [0.25, 0.3) is 5.56 Å². The van der Waals surface area contributed by atoms with E-state index >= 15 is 0 Å². The highest BCUT2D eigenvalue weighted by atomic mass is 16.1. The monoisotopic (exact) mass is 540 g/mol. The maximum Gasteiger partial charge on any atom is 0.261 e. The molecule has 2 heterocycles. The molecule has 1 unspecified atom stereocenters. The van der Waals surface area contributed by atoms with Crippen LogP contribution in [0.1, 0.15) is 71.0 Å². The van der Waals surface area contributed by atoms with Gasteiger partial charge in [-0.3, -0.25) is 9.36 Å². The third-order valence-corrected chi connectivity index (χ3v) is 10.1. The number of rotatable bonds is 3. The fourth-order valence-electron chi connectivity index (χ4n) is 7.10. The first kappa shape index (κ1) is 27.0. The normalized spacial score (nSPS) is 28.5. The highest BCUT2D eigenvalue weighted by molar-refractivity contribution is 5.96. The molecule has 2 fully saturated rings. The van der Waals surface area contributed by atoms with Gasteiger partial charge in [0, 0.05) is 31.4 Å². The van der Waals surface area contributed by atoms with Crippen LogP contribution in [0.5, 0.6) is 0 Å². The van der Waals surface area contributed by atoms with Gasteiger partial charge in [0.05, 0.1) is 29.3 Å². The number of benzene rings is 2. The molecule has 212 valence electrons. The van der Waals surface area contributed by atoms with Crippen molar-refractivity contribution < 1.29 is 0 Å². The smallest absolute Gasteiger partial charge is 0.261 e. The van der Waals surface area contributed by atoms with Crippen LogP contribution in [0.2, 0.25) is 0 Å².